The van der Waals surface area contributed by atoms with Gasteiger partial charge in [0.15, 0.2) is 0 Å². The quantitative estimate of drug-likeness (QED) is 0.554. The first kappa shape index (κ1) is 14.7. The van der Waals surface area contributed by atoms with Crippen LogP contribution in [0, 0.1) is 0 Å². The lowest BCUT2D eigenvalue weighted by Gasteiger charge is -2.21. The highest BCUT2D eigenvalue weighted by atomic mass is 79.9. The largest absolute Gasteiger partial charge is 0.451 e. The fourth-order valence-electron chi connectivity index (χ4n) is 2.06. The fraction of sp³-hybridized carbons (Fsp3) is 0.0526. The van der Waals surface area contributed by atoms with E-state index < -0.39 is 6.29 Å². The van der Waals surface area contributed by atoms with Gasteiger partial charge in [-0.25, -0.2) is 0 Å². The second-order valence-corrected chi connectivity index (χ2v) is 5.66. The van der Waals surface area contributed by atoms with Crippen molar-refractivity contribution in [1.82, 2.24) is 0 Å². The zero-order valence-corrected chi connectivity index (χ0v) is 13.4. The van der Waals surface area contributed by atoms with Gasteiger partial charge in [-0.1, -0.05) is 64.5 Å². The van der Waals surface area contributed by atoms with Gasteiger partial charge in [-0.15, -0.1) is 0 Å². The van der Waals surface area contributed by atoms with E-state index in [1.54, 1.807) is 0 Å². The number of halogens is 1. The highest BCUT2D eigenvalue weighted by Gasteiger charge is 2.15. The average Bonchev–Trinajstić information content (AvgIpc) is 2.56. The maximum absolute atomic E-state index is 6.02. The number of hydrogen-bond acceptors (Lipinski definition) is 2. The van der Waals surface area contributed by atoms with Crippen LogP contribution >= 0.6 is 15.9 Å². The Bertz CT molecular complexity index is 672. The summed E-state index contributed by atoms with van der Waals surface area (Å²) in [5, 5.41) is 0. The molecular weight excluding hydrogens is 340 g/mol. The van der Waals surface area contributed by atoms with Crippen LogP contribution in [-0.4, -0.2) is 0 Å². The number of ether oxygens (including phenoxy) is 2. The minimum atomic E-state index is -0.512. The Hall–Kier alpha value is -2.26. The third kappa shape index (κ3) is 3.89. The van der Waals surface area contributed by atoms with Gasteiger partial charge in [-0.05, 0) is 36.4 Å². The summed E-state index contributed by atoms with van der Waals surface area (Å²) in [7, 11) is 0. The van der Waals surface area contributed by atoms with Crippen LogP contribution in [0.5, 0.6) is 11.5 Å². The standard InChI is InChI=1S/C19H15BrO2/c20-16-9-7-8-15(14-16)19(21-17-10-3-1-4-11-17)22-18-12-5-2-6-13-18/h1-14,19H. The SMILES string of the molecule is Brc1cccc(C(Oc2ccccc2)Oc2ccccc2)c1. The Kier molecular flexibility index (Phi) is 4.76. The summed E-state index contributed by atoms with van der Waals surface area (Å²) in [6, 6.07) is 27.3. The van der Waals surface area contributed by atoms with Crippen LogP contribution in [0.15, 0.2) is 89.4 Å². The fourth-order valence-corrected chi connectivity index (χ4v) is 2.48. The summed E-state index contributed by atoms with van der Waals surface area (Å²) in [6.07, 6.45) is -0.512. The number of benzene rings is 3. The molecule has 0 bridgehead atoms. The van der Waals surface area contributed by atoms with Crippen molar-refractivity contribution in [2.24, 2.45) is 0 Å². The lowest BCUT2D eigenvalue weighted by atomic mass is 10.2. The molecule has 0 saturated heterocycles. The Labute approximate surface area is 138 Å². The highest BCUT2D eigenvalue weighted by Crippen LogP contribution is 2.27. The molecule has 0 N–H and O–H groups in total. The molecular formula is C19H15BrO2. The molecule has 0 unspecified atom stereocenters. The lowest BCUT2D eigenvalue weighted by Crippen LogP contribution is -2.15. The number of hydrogen-bond donors (Lipinski definition) is 0. The van der Waals surface area contributed by atoms with E-state index in [9.17, 15) is 0 Å². The van der Waals surface area contributed by atoms with Crippen molar-refractivity contribution >= 4 is 15.9 Å². The van der Waals surface area contributed by atoms with Crippen LogP contribution in [0.2, 0.25) is 0 Å². The Morgan fingerprint density at radius 2 is 1.18 bits per heavy atom. The molecule has 0 atom stereocenters. The first-order valence-electron chi connectivity index (χ1n) is 7.00. The van der Waals surface area contributed by atoms with Crippen LogP contribution in [0.25, 0.3) is 0 Å². The van der Waals surface area contributed by atoms with E-state index >= 15 is 0 Å². The molecule has 3 heteroatoms. The van der Waals surface area contributed by atoms with Crippen molar-refractivity contribution in [2.75, 3.05) is 0 Å². The maximum atomic E-state index is 6.02. The monoisotopic (exact) mass is 354 g/mol. The minimum Gasteiger partial charge on any atom is -0.451 e. The molecule has 2 nitrogen and oxygen atoms in total. The minimum absolute atomic E-state index is 0.512. The van der Waals surface area contributed by atoms with Gasteiger partial charge in [-0.3, -0.25) is 0 Å². The van der Waals surface area contributed by atoms with Gasteiger partial charge < -0.3 is 9.47 Å². The zero-order chi connectivity index (χ0) is 15.2. The summed E-state index contributed by atoms with van der Waals surface area (Å²) in [4.78, 5) is 0. The van der Waals surface area contributed by atoms with Crippen LogP contribution in [-0.2, 0) is 0 Å². The summed E-state index contributed by atoms with van der Waals surface area (Å²) in [5.74, 6) is 1.53. The molecule has 22 heavy (non-hydrogen) atoms. The lowest BCUT2D eigenvalue weighted by molar-refractivity contribution is 0.00378. The molecule has 0 aromatic heterocycles. The Morgan fingerprint density at radius 3 is 1.68 bits per heavy atom. The normalized spacial score (nSPS) is 10.5. The predicted octanol–water partition coefficient (Wildman–Crippen LogP) is 5.61. The Balaban J connectivity index is 1.88. The molecule has 3 aromatic rings. The molecule has 0 heterocycles. The molecule has 0 amide bonds. The van der Waals surface area contributed by atoms with Crippen LogP contribution in [0.1, 0.15) is 11.9 Å². The van der Waals surface area contributed by atoms with Gasteiger partial charge in [-0.2, -0.15) is 0 Å². The van der Waals surface area contributed by atoms with Crippen molar-refractivity contribution in [2.45, 2.75) is 6.29 Å². The van der Waals surface area contributed by atoms with Gasteiger partial charge in [0.1, 0.15) is 11.5 Å². The third-order valence-electron chi connectivity index (χ3n) is 3.09. The summed E-state index contributed by atoms with van der Waals surface area (Å²) in [5.41, 5.74) is 0.946. The summed E-state index contributed by atoms with van der Waals surface area (Å²) >= 11 is 3.49. The van der Waals surface area contributed by atoms with E-state index in [1.165, 1.54) is 0 Å². The summed E-state index contributed by atoms with van der Waals surface area (Å²) < 4.78 is 13.0. The van der Waals surface area contributed by atoms with Crippen LogP contribution in [0.4, 0.5) is 0 Å². The maximum Gasteiger partial charge on any atom is 0.267 e. The van der Waals surface area contributed by atoms with E-state index in [-0.39, 0.29) is 0 Å². The molecule has 3 aromatic carbocycles. The molecule has 0 aliphatic carbocycles. The van der Waals surface area contributed by atoms with Gasteiger partial charge in [0.05, 0.1) is 0 Å². The molecule has 0 saturated carbocycles. The van der Waals surface area contributed by atoms with Crippen molar-refractivity contribution < 1.29 is 9.47 Å². The van der Waals surface area contributed by atoms with Gasteiger partial charge >= 0.3 is 0 Å². The predicted molar refractivity (Wildman–Crippen MR) is 91.0 cm³/mol. The average molecular weight is 355 g/mol. The van der Waals surface area contributed by atoms with Crippen molar-refractivity contribution in [1.29, 1.82) is 0 Å². The van der Waals surface area contributed by atoms with Crippen LogP contribution < -0.4 is 9.47 Å². The Morgan fingerprint density at radius 1 is 0.636 bits per heavy atom. The molecule has 0 aliphatic rings. The van der Waals surface area contributed by atoms with Gasteiger partial charge in [0.25, 0.3) is 6.29 Å². The van der Waals surface area contributed by atoms with Crippen molar-refractivity contribution in [3.8, 4) is 11.5 Å². The van der Waals surface area contributed by atoms with Crippen molar-refractivity contribution in [3.63, 3.8) is 0 Å². The molecule has 0 aliphatic heterocycles. The van der Waals surface area contributed by atoms with E-state index in [2.05, 4.69) is 15.9 Å². The molecule has 0 fully saturated rings. The molecule has 110 valence electrons. The van der Waals surface area contributed by atoms with E-state index in [0.29, 0.717) is 0 Å². The van der Waals surface area contributed by atoms with Gasteiger partial charge in [0.2, 0.25) is 0 Å². The smallest absolute Gasteiger partial charge is 0.267 e. The molecule has 0 radical (unpaired) electrons. The van der Waals surface area contributed by atoms with E-state index in [4.69, 9.17) is 9.47 Å². The first-order chi connectivity index (χ1) is 10.8. The number of para-hydroxylation sites is 2. The van der Waals surface area contributed by atoms with Gasteiger partial charge in [0, 0.05) is 10.0 Å². The van der Waals surface area contributed by atoms with Crippen molar-refractivity contribution in [3.05, 3.63) is 95.0 Å². The highest BCUT2D eigenvalue weighted by molar-refractivity contribution is 9.10. The zero-order valence-electron chi connectivity index (χ0n) is 11.9. The summed E-state index contributed by atoms with van der Waals surface area (Å²) in [6.45, 7) is 0. The van der Waals surface area contributed by atoms with E-state index in [1.807, 2.05) is 84.9 Å². The second-order valence-electron chi connectivity index (χ2n) is 4.75. The number of rotatable bonds is 5. The first-order valence-corrected chi connectivity index (χ1v) is 7.79. The molecule has 3 rings (SSSR count). The second kappa shape index (κ2) is 7.14. The van der Waals surface area contributed by atoms with E-state index in [0.717, 1.165) is 21.5 Å². The third-order valence-corrected chi connectivity index (χ3v) is 3.59. The topological polar surface area (TPSA) is 18.5 Å². The van der Waals surface area contributed by atoms with Crippen LogP contribution in [0.3, 0.4) is 0 Å². The molecule has 0 spiro atoms.